The fraction of sp³-hybridized carbons (Fsp3) is 0.0870. The third-order valence-corrected chi connectivity index (χ3v) is 4.82. The molecule has 0 unspecified atom stereocenters. The van der Waals surface area contributed by atoms with Crippen molar-refractivity contribution in [3.8, 4) is 0 Å². The third-order valence-electron chi connectivity index (χ3n) is 4.58. The molecule has 3 aromatic carbocycles. The van der Waals surface area contributed by atoms with Gasteiger partial charge in [-0.1, -0.05) is 53.6 Å². The Kier molecular flexibility index (Phi) is 5.14. The first-order valence-corrected chi connectivity index (χ1v) is 9.51. The van der Waals surface area contributed by atoms with Gasteiger partial charge in [-0.2, -0.15) is 0 Å². The summed E-state index contributed by atoms with van der Waals surface area (Å²) in [5, 5.41) is 3.37. The monoisotopic (exact) mass is 403 g/mol. The normalized spacial score (nSPS) is 14.2. The molecule has 0 fully saturated rings. The van der Waals surface area contributed by atoms with E-state index in [1.807, 2.05) is 55.5 Å². The fourth-order valence-electron chi connectivity index (χ4n) is 3.18. The van der Waals surface area contributed by atoms with E-state index in [0.717, 1.165) is 5.56 Å². The van der Waals surface area contributed by atoms with Crippen LogP contribution in [0.25, 0.3) is 0 Å². The number of fused-ring (bicyclic) bond motifs is 1. The summed E-state index contributed by atoms with van der Waals surface area (Å²) < 4.78 is 0. The molecule has 0 saturated heterocycles. The smallest absolute Gasteiger partial charge is 0.278 e. The lowest BCUT2D eigenvalue weighted by Crippen LogP contribution is -2.37. The standard InChI is InChI=1S/C23H18ClN3O2/c1-15-9-11-17(12-10-15)25-21(28)14-27-20-8-3-2-7-19(20)22(23(27)29)26-18-6-4-5-16(24)13-18/h2-13H,14H2,1H3,(H,25,28). The van der Waals surface area contributed by atoms with Gasteiger partial charge in [0.15, 0.2) is 0 Å². The van der Waals surface area contributed by atoms with E-state index in [9.17, 15) is 9.59 Å². The summed E-state index contributed by atoms with van der Waals surface area (Å²) >= 11 is 6.03. The van der Waals surface area contributed by atoms with Crippen LogP contribution in [-0.4, -0.2) is 24.1 Å². The maximum absolute atomic E-state index is 13.1. The van der Waals surface area contributed by atoms with E-state index in [0.29, 0.717) is 33.4 Å². The van der Waals surface area contributed by atoms with Gasteiger partial charge in [0.25, 0.3) is 5.91 Å². The molecule has 0 saturated carbocycles. The van der Waals surface area contributed by atoms with Gasteiger partial charge >= 0.3 is 0 Å². The van der Waals surface area contributed by atoms with Gasteiger partial charge in [-0.05, 0) is 43.3 Å². The van der Waals surface area contributed by atoms with Crippen LogP contribution in [0.15, 0.2) is 77.8 Å². The highest BCUT2D eigenvalue weighted by Crippen LogP contribution is 2.31. The van der Waals surface area contributed by atoms with Crippen LogP contribution >= 0.6 is 11.6 Å². The van der Waals surface area contributed by atoms with Crippen molar-refractivity contribution in [2.75, 3.05) is 16.8 Å². The number of hydrogen-bond donors (Lipinski definition) is 1. The number of para-hydroxylation sites is 1. The second-order valence-corrected chi connectivity index (χ2v) is 7.20. The number of hydrogen-bond acceptors (Lipinski definition) is 3. The predicted molar refractivity (Wildman–Crippen MR) is 116 cm³/mol. The molecule has 4 rings (SSSR count). The van der Waals surface area contributed by atoms with E-state index in [1.54, 1.807) is 24.3 Å². The van der Waals surface area contributed by atoms with Crippen molar-refractivity contribution in [3.63, 3.8) is 0 Å². The fourth-order valence-corrected chi connectivity index (χ4v) is 3.37. The van der Waals surface area contributed by atoms with E-state index >= 15 is 0 Å². The summed E-state index contributed by atoms with van der Waals surface area (Å²) in [6.45, 7) is 1.88. The molecule has 29 heavy (non-hydrogen) atoms. The van der Waals surface area contributed by atoms with Gasteiger partial charge in [0.1, 0.15) is 12.3 Å². The Morgan fingerprint density at radius 2 is 1.79 bits per heavy atom. The molecule has 0 bridgehead atoms. The first-order valence-electron chi connectivity index (χ1n) is 9.13. The molecule has 0 atom stereocenters. The molecule has 0 radical (unpaired) electrons. The second-order valence-electron chi connectivity index (χ2n) is 6.76. The molecule has 1 N–H and O–H groups in total. The van der Waals surface area contributed by atoms with Gasteiger partial charge in [0.05, 0.1) is 11.4 Å². The maximum atomic E-state index is 13.1. The van der Waals surface area contributed by atoms with E-state index < -0.39 is 0 Å². The number of amides is 2. The van der Waals surface area contributed by atoms with Crippen LogP contribution in [0.2, 0.25) is 5.02 Å². The number of halogens is 1. The van der Waals surface area contributed by atoms with Gasteiger partial charge in [-0.25, -0.2) is 4.99 Å². The summed E-state index contributed by atoms with van der Waals surface area (Å²) in [6, 6.07) is 21.8. The number of aryl methyl sites for hydroxylation is 1. The maximum Gasteiger partial charge on any atom is 0.278 e. The molecular weight excluding hydrogens is 386 g/mol. The Morgan fingerprint density at radius 1 is 1.03 bits per heavy atom. The van der Waals surface area contributed by atoms with Gasteiger partial charge in [-0.3, -0.25) is 14.5 Å². The molecule has 6 heteroatoms. The topological polar surface area (TPSA) is 61.8 Å². The minimum atomic E-state index is -0.315. The molecule has 5 nitrogen and oxygen atoms in total. The molecule has 1 heterocycles. The minimum Gasteiger partial charge on any atom is -0.325 e. The first-order chi connectivity index (χ1) is 14.0. The molecular formula is C23H18ClN3O2. The van der Waals surface area contributed by atoms with E-state index in [1.165, 1.54) is 4.90 Å². The zero-order valence-electron chi connectivity index (χ0n) is 15.7. The number of carbonyl (C=O) groups excluding carboxylic acids is 2. The van der Waals surface area contributed by atoms with Crippen LogP contribution in [0.5, 0.6) is 0 Å². The summed E-state index contributed by atoms with van der Waals surface area (Å²) in [6.07, 6.45) is 0. The van der Waals surface area contributed by atoms with Crippen LogP contribution in [-0.2, 0) is 9.59 Å². The lowest BCUT2D eigenvalue weighted by Gasteiger charge is -2.16. The number of rotatable bonds is 4. The molecule has 0 aliphatic carbocycles. The first kappa shape index (κ1) is 18.9. The molecule has 1 aliphatic rings. The largest absolute Gasteiger partial charge is 0.325 e. The molecule has 2 amide bonds. The number of nitrogens with zero attached hydrogens (tertiary/aromatic N) is 2. The summed E-state index contributed by atoms with van der Waals surface area (Å²) in [5.41, 5.74) is 4.03. The quantitative estimate of drug-likeness (QED) is 0.683. The summed E-state index contributed by atoms with van der Waals surface area (Å²) in [7, 11) is 0. The van der Waals surface area contributed by atoms with E-state index in [2.05, 4.69) is 10.3 Å². The molecule has 3 aromatic rings. The Bertz CT molecular complexity index is 1120. The highest BCUT2D eigenvalue weighted by molar-refractivity contribution is 6.55. The molecule has 1 aliphatic heterocycles. The number of aliphatic imine (C=N–C) groups is 1. The Labute approximate surface area is 173 Å². The minimum absolute atomic E-state index is 0.0989. The average molecular weight is 404 g/mol. The summed E-state index contributed by atoms with van der Waals surface area (Å²) in [4.78, 5) is 31.6. The van der Waals surface area contributed by atoms with Gasteiger partial charge in [0.2, 0.25) is 5.91 Å². The van der Waals surface area contributed by atoms with Gasteiger partial charge in [0, 0.05) is 16.3 Å². The number of benzene rings is 3. The van der Waals surface area contributed by atoms with Crippen molar-refractivity contribution in [2.24, 2.45) is 4.99 Å². The summed E-state index contributed by atoms with van der Waals surface area (Å²) in [5.74, 6) is -0.591. The van der Waals surface area contributed by atoms with Crippen molar-refractivity contribution in [3.05, 3.63) is 88.9 Å². The molecule has 0 spiro atoms. The highest BCUT2D eigenvalue weighted by atomic mass is 35.5. The number of nitrogens with one attached hydrogen (secondary N) is 1. The second kappa shape index (κ2) is 7.89. The van der Waals surface area contributed by atoms with Gasteiger partial charge in [-0.15, -0.1) is 0 Å². The SMILES string of the molecule is Cc1ccc(NC(=O)CN2C(=O)C(=Nc3cccc(Cl)c3)c3ccccc32)cc1. The van der Waals surface area contributed by atoms with Crippen molar-refractivity contribution < 1.29 is 9.59 Å². The van der Waals surface area contributed by atoms with Crippen molar-refractivity contribution in [2.45, 2.75) is 6.92 Å². The lowest BCUT2D eigenvalue weighted by molar-refractivity contribution is -0.118. The van der Waals surface area contributed by atoms with Crippen molar-refractivity contribution in [1.29, 1.82) is 0 Å². The number of carbonyl (C=O) groups is 2. The Hall–Kier alpha value is -3.44. The van der Waals surface area contributed by atoms with Crippen LogP contribution < -0.4 is 10.2 Å². The molecule has 144 valence electrons. The lowest BCUT2D eigenvalue weighted by atomic mass is 10.1. The Balaban J connectivity index is 1.60. The van der Waals surface area contributed by atoms with Crippen molar-refractivity contribution in [1.82, 2.24) is 0 Å². The average Bonchev–Trinajstić information content (AvgIpc) is 2.96. The van der Waals surface area contributed by atoms with Crippen LogP contribution in [0.4, 0.5) is 17.1 Å². The van der Waals surface area contributed by atoms with Crippen LogP contribution in [0, 0.1) is 6.92 Å². The van der Waals surface area contributed by atoms with Crippen LogP contribution in [0.1, 0.15) is 11.1 Å². The number of anilines is 2. The van der Waals surface area contributed by atoms with E-state index in [-0.39, 0.29) is 18.4 Å². The predicted octanol–water partition coefficient (Wildman–Crippen LogP) is 4.75. The van der Waals surface area contributed by atoms with Gasteiger partial charge < -0.3 is 5.32 Å². The van der Waals surface area contributed by atoms with Crippen molar-refractivity contribution >= 4 is 46.2 Å². The van der Waals surface area contributed by atoms with E-state index in [4.69, 9.17) is 11.6 Å². The highest BCUT2D eigenvalue weighted by Gasteiger charge is 2.34. The zero-order chi connectivity index (χ0) is 20.4. The molecule has 0 aromatic heterocycles. The third kappa shape index (κ3) is 4.05. The Morgan fingerprint density at radius 3 is 2.55 bits per heavy atom. The zero-order valence-corrected chi connectivity index (χ0v) is 16.5. The van der Waals surface area contributed by atoms with Crippen LogP contribution in [0.3, 0.4) is 0 Å².